The van der Waals surface area contributed by atoms with Crippen LogP contribution in [0.25, 0.3) is 6.08 Å². The molecule has 0 radical (unpaired) electrons. The van der Waals surface area contributed by atoms with Crippen LogP contribution < -0.4 is 5.32 Å². The van der Waals surface area contributed by atoms with Gasteiger partial charge in [-0.3, -0.25) is 4.79 Å². The zero-order valence-corrected chi connectivity index (χ0v) is 9.32. The highest BCUT2D eigenvalue weighted by atomic mass is 19.1. The Kier molecular flexibility index (Phi) is 3.24. The predicted octanol–water partition coefficient (Wildman–Crippen LogP) is 1.48. The van der Waals surface area contributed by atoms with E-state index in [-0.39, 0.29) is 18.3 Å². The lowest BCUT2D eigenvalue weighted by atomic mass is 10.2. The lowest BCUT2D eigenvalue weighted by Gasteiger charge is -2.11. The summed E-state index contributed by atoms with van der Waals surface area (Å²) in [7, 11) is 0. The number of hydrogen-bond donors (Lipinski definition) is 2. The molecule has 1 aromatic rings. The Morgan fingerprint density at radius 3 is 2.59 bits per heavy atom. The number of benzene rings is 1. The number of amides is 1. The van der Waals surface area contributed by atoms with Crippen molar-refractivity contribution in [2.45, 2.75) is 18.4 Å². The molecular weight excluding hydrogens is 221 g/mol. The second kappa shape index (κ2) is 4.67. The van der Waals surface area contributed by atoms with Crippen molar-refractivity contribution in [1.82, 2.24) is 5.32 Å². The molecule has 1 fully saturated rings. The fraction of sp³-hybridized carbons (Fsp3) is 0.308. The summed E-state index contributed by atoms with van der Waals surface area (Å²) in [6.45, 7) is -0.0247. The van der Waals surface area contributed by atoms with E-state index in [0.29, 0.717) is 0 Å². The van der Waals surface area contributed by atoms with E-state index in [4.69, 9.17) is 5.11 Å². The van der Waals surface area contributed by atoms with Crippen LogP contribution in [0.1, 0.15) is 18.4 Å². The van der Waals surface area contributed by atoms with Crippen LogP contribution in [-0.2, 0) is 4.79 Å². The summed E-state index contributed by atoms with van der Waals surface area (Å²) in [6, 6.07) is 5.87. The average Bonchev–Trinajstić information content (AvgIpc) is 3.09. The maximum atomic E-state index is 12.6. The van der Waals surface area contributed by atoms with Crippen molar-refractivity contribution in [1.29, 1.82) is 0 Å². The molecule has 0 aliphatic heterocycles. The van der Waals surface area contributed by atoms with Crippen LogP contribution in [0.3, 0.4) is 0 Å². The number of halogens is 1. The quantitative estimate of drug-likeness (QED) is 0.777. The number of hydrogen-bond acceptors (Lipinski definition) is 2. The molecule has 0 unspecified atom stereocenters. The number of aliphatic hydroxyl groups excluding tert-OH is 1. The summed E-state index contributed by atoms with van der Waals surface area (Å²) in [5, 5.41) is 11.8. The average molecular weight is 235 g/mol. The van der Waals surface area contributed by atoms with Gasteiger partial charge in [0, 0.05) is 6.08 Å². The molecule has 0 aromatic heterocycles. The first kappa shape index (κ1) is 11.8. The Hall–Kier alpha value is -1.68. The van der Waals surface area contributed by atoms with E-state index >= 15 is 0 Å². The highest BCUT2D eigenvalue weighted by Crippen LogP contribution is 2.34. The molecule has 17 heavy (non-hydrogen) atoms. The maximum Gasteiger partial charge on any atom is 0.244 e. The minimum absolute atomic E-state index is 0.0247. The third-order valence-corrected chi connectivity index (χ3v) is 2.84. The minimum Gasteiger partial charge on any atom is -0.394 e. The molecule has 1 amide bonds. The van der Waals surface area contributed by atoms with Crippen molar-refractivity contribution < 1.29 is 14.3 Å². The van der Waals surface area contributed by atoms with Gasteiger partial charge in [0.15, 0.2) is 0 Å². The molecule has 2 rings (SSSR count). The Morgan fingerprint density at radius 1 is 1.41 bits per heavy atom. The van der Waals surface area contributed by atoms with E-state index in [0.717, 1.165) is 18.4 Å². The molecule has 0 spiro atoms. The molecule has 0 atom stereocenters. The SMILES string of the molecule is O=C(/C=C/c1ccc(F)cc1)NC1(CO)CC1. The van der Waals surface area contributed by atoms with Crippen LogP contribution in [0, 0.1) is 5.82 Å². The van der Waals surface area contributed by atoms with Crippen LogP contribution in [0.15, 0.2) is 30.3 Å². The number of carbonyl (C=O) groups is 1. The first-order valence-electron chi connectivity index (χ1n) is 5.50. The Labute approximate surface area is 99.0 Å². The molecule has 1 aromatic carbocycles. The Morgan fingerprint density at radius 2 is 2.06 bits per heavy atom. The molecule has 2 N–H and O–H groups in total. The fourth-order valence-corrected chi connectivity index (χ4v) is 1.52. The molecule has 1 aliphatic carbocycles. The molecule has 1 saturated carbocycles. The van der Waals surface area contributed by atoms with E-state index in [1.807, 2.05) is 0 Å². The number of rotatable bonds is 4. The lowest BCUT2D eigenvalue weighted by molar-refractivity contribution is -0.117. The lowest BCUT2D eigenvalue weighted by Crippen LogP contribution is -2.38. The van der Waals surface area contributed by atoms with Crippen molar-refractivity contribution in [3.05, 3.63) is 41.7 Å². The van der Waals surface area contributed by atoms with Gasteiger partial charge < -0.3 is 10.4 Å². The number of carbonyl (C=O) groups excluding carboxylic acids is 1. The first-order chi connectivity index (χ1) is 8.13. The number of nitrogens with one attached hydrogen (secondary N) is 1. The molecule has 0 saturated heterocycles. The molecule has 1 aliphatic rings. The zero-order chi connectivity index (χ0) is 12.3. The van der Waals surface area contributed by atoms with Crippen LogP contribution in [0.4, 0.5) is 4.39 Å². The summed E-state index contributed by atoms with van der Waals surface area (Å²) in [5.41, 5.74) is 0.361. The van der Waals surface area contributed by atoms with E-state index < -0.39 is 5.54 Å². The molecule has 0 bridgehead atoms. The molecule has 4 heteroatoms. The van der Waals surface area contributed by atoms with Crippen molar-refractivity contribution in [2.24, 2.45) is 0 Å². The normalized spacial score (nSPS) is 17.1. The minimum atomic E-state index is -0.399. The second-order valence-electron chi connectivity index (χ2n) is 4.31. The third kappa shape index (κ3) is 3.14. The van der Waals surface area contributed by atoms with Gasteiger partial charge in [0.2, 0.25) is 5.91 Å². The molecular formula is C13H14FNO2. The van der Waals surface area contributed by atoms with Gasteiger partial charge in [-0.15, -0.1) is 0 Å². The fourth-order valence-electron chi connectivity index (χ4n) is 1.52. The second-order valence-corrected chi connectivity index (χ2v) is 4.31. The van der Waals surface area contributed by atoms with Crippen LogP contribution in [-0.4, -0.2) is 23.2 Å². The van der Waals surface area contributed by atoms with Gasteiger partial charge >= 0.3 is 0 Å². The summed E-state index contributed by atoms with van der Waals surface area (Å²) in [5.74, 6) is -0.537. The monoisotopic (exact) mass is 235 g/mol. The first-order valence-corrected chi connectivity index (χ1v) is 5.50. The third-order valence-electron chi connectivity index (χ3n) is 2.84. The van der Waals surface area contributed by atoms with Gasteiger partial charge in [0.05, 0.1) is 12.1 Å². The van der Waals surface area contributed by atoms with Crippen LogP contribution in [0.2, 0.25) is 0 Å². The summed E-state index contributed by atoms with van der Waals surface area (Å²) in [4.78, 5) is 11.5. The maximum absolute atomic E-state index is 12.6. The van der Waals surface area contributed by atoms with Gasteiger partial charge in [-0.25, -0.2) is 4.39 Å². The van der Waals surface area contributed by atoms with Crippen molar-refractivity contribution >= 4 is 12.0 Å². The van der Waals surface area contributed by atoms with Gasteiger partial charge in [-0.2, -0.15) is 0 Å². The van der Waals surface area contributed by atoms with Crippen LogP contribution >= 0.6 is 0 Å². The summed E-state index contributed by atoms with van der Waals surface area (Å²) < 4.78 is 12.6. The predicted molar refractivity (Wildman–Crippen MR) is 62.6 cm³/mol. The van der Waals surface area contributed by atoms with Gasteiger partial charge in [0.1, 0.15) is 5.82 Å². The Balaban J connectivity index is 1.92. The Bertz CT molecular complexity index is 435. The standard InChI is InChI=1S/C13H14FNO2/c14-11-4-1-10(2-5-11)3-6-12(17)15-13(9-16)7-8-13/h1-6,16H,7-9H2,(H,15,17)/b6-3+. The summed E-state index contributed by atoms with van der Waals surface area (Å²) >= 11 is 0. The van der Waals surface area contributed by atoms with Gasteiger partial charge in [-0.05, 0) is 36.6 Å². The van der Waals surface area contributed by atoms with E-state index in [9.17, 15) is 9.18 Å². The highest BCUT2D eigenvalue weighted by molar-refractivity contribution is 5.92. The van der Waals surface area contributed by atoms with Crippen molar-refractivity contribution in [2.75, 3.05) is 6.61 Å². The van der Waals surface area contributed by atoms with E-state index in [1.54, 1.807) is 18.2 Å². The molecule has 90 valence electrons. The number of aliphatic hydroxyl groups is 1. The smallest absolute Gasteiger partial charge is 0.244 e. The molecule has 3 nitrogen and oxygen atoms in total. The zero-order valence-electron chi connectivity index (χ0n) is 9.32. The van der Waals surface area contributed by atoms with Crippen molar-refractivity contribution in [3.8, 4) is 0 Å². The molecule has 0 heterocycles. The van der Waals surface area contributed by atoms with Gasteiger partial charge in [0.25, 0.3) is 0 Å². The largest absolute Gasteiger partial charge is 0.394 e. The van der Waals surface area contributed by atoms with Crippen LogP contribution in [0.5, 0.6) is 0 Å². The van der Waals surface area contributed by atoms with E-state index in [1.165, 1.54) is 18.2 Å². The van der Waals surface area contributed by atoms with E-state index in [2.05, 4.69) is 5.32 Å². The topological polar surface area (TPSA) is 49.3 Å². The summed E-state index contributed by atoms with van der Waals surface area (Å²) in [6.07, 6.45) is 4.64. The highest BCUT2D eigenvalue weighted by Gasteiger charge is 2.42. The van der Waals surface area contributed by atoms with Gasteiger partial charge in [-0.1, -0.05) is 12.1 Å². The van der Waals surface area contributed by atoms with Crippen molar-refractivity contribution in [3.63, 3.8) is 0 Å².